The summed E-state index contributed by atoms with van der Waals surface area (Å²) in [4.78, 5) is 25.8. The van der Waals surface area contributed by atoms with Crippen LogP contribution in [0, 0.1) is 5.92 Å². The van der Waals surface area contributed by atoms with Gasteiger partial charge in [-0.3, -0.25) is 9.59 Å². The third-order valence-electron chi connectivity index (χ3n) is 6.19. The predicted molar refractivity (Wildman–Crippen MR) is 122 cm³/mol. The molecular weight excluding hydrogens is 406 g/mol. The van der Waals surface area contributed by atoms with Gasteiger partial charge in [-0.1, -0.05) is 18.2 Å². The van der Waals surface area contributed by atoms with E-state index >= 15 is 0 Å². The Bertz CT molecular complexity index is 1190. The lowest BCUT2D eigenvalue weighted by atomic mass is 10.0. The summed E-state index contributed by atoms with van der Waals surface area (Å²) < 4.78 is 5.20. The molecule has 2 amide bonds. The van der Waals surface area contributed by atoms with Gasteiger partial charge in [-0.15, -0.1) is 10.2 Å². The van der Waals surface area contributed by atoms with Crippen LogP contribution in [0.1, 0.15) is 30.3 Å². The van der Waals surface area contributed by atoms with Gasteiger partial charge in [0.05, 0.1) is 17.8 Å². The number of nitrogens with zero attached hydrogens (tertiary/aromatic N) is 3. The van der Waals surface area contributed by atoms with E-state index in [1.807, 2.05) is 42.5 Å². The molecule has 2 aliphatic rings. The van der Waals surface area contributed by atoms with Crippen LogP contribution in [0.25, 0.3) is 22.0 Å². The zero-order valence-corrected chi connectivity index (χ0v) is 17.9. The maximum atomic E-state index is 12.1. The van der Waals surface area contributed by atoms with Crippen molar-refractivity contribution in [2.75, 3.05) is 30.0 Å². The first-order valence-electron chi connectivity index (χ1n) is 10.9. The molecule has 3 N–H and O–H groups in total. The summed E-state index contributed by atoms with van der Waals surface area (Å²) >= 11 is 0. The normalized spacial score (nSPS) is 17.4. The van der Waals surface area contributed by atoms with Gasteiger partial charge in [-0.2, -0.15) is 0 Å². The summed E-state index contributed by atoms with van der Waals surface area (Å²) in [5.41, 5.74) is 9.89. The molecule has 1 aromatic heterocycles. The van der Waals surface area contributed by atoms with Crippen LogP contribution in [0.15, 0.2) is 42.5 Å². The van der Waals surface area contributed by atoms with Crippen LogP contribution < -0.4 is 16.0 Å². The Morgan fingerprint density at radius 1 is 1.16 bits per heavy atom. The first-order chi connectivity index (χ1) is 15.5. The van der Waals surface area contributed by atoms with Crippen molar-refractivity contribution in [2.45, 2.75) is 25.8 Å². The van der Waals surface area contributed by atoms with Crippen molar-refractivity contribution in [3.63, 3.8) is 0 Å². The highest BCUT2D eigenvalue weighted by molar-refractivity contribution is 6.05. The minimum absolute atomic E-state index is 0.0318. The van der Waals surface area contributed by atoms with Crippen molar-refractivity contribution < 1.29 is 14.3 Å². The van der Waals surface area contributed by atoms with E-state index in [2.05, 4.69) is 22.4 Å². The van der Waals surface area contributed by atoms with Gasteiger partial charge in [0.25, 0.3) is 11.8 Å². The zero-order valence-electron chi connectivity index (χ0n) is 17.9. The molecule has 5 rings (SSSR count). The molecule has 0 bridgehead atoms. The van der Waals surface area contributed by atoms with E-state index in [-0.39, 0.29) is 24.2 Å². The third kappa shape index (κ3) is 3.89. The van der Waals surface area contributed by atoms with E-state index in [4.69, 9.17) is 10.5 Å². The van der Waals surface area contributed by atoms with Gasteiger partial charge in [-0.05, 0) is 61.1 Å². The van der Waals surface area contributed by atoms with E-state index in [9.17, 15) is 9.59 Å². The number of hydrogen-bond donors (Lipinski definition) is 2. The Balaban J connectivity index is 1.47. The topological polar surface area (TPSA) is 110 Å². The molecule has 8 heteroatoms. The fourth-order valence-electron chi connectivity index (χ4n) is 4.17. The molecule has 2 fully saturated rings. The van der Waals surface area contributed by atoms with E-state index in [0.717, 1.165) is 22.2 Å². The van der Waals surface area contributed by atoms with Crippen LogP contribution in [0.5, 0.6) is 0 Å². The number of rotatable bonds is 6. The molecule has 0 unspecified atom stereocenters. The number of nitrogens with one attached hydrogen (secondary N) is 1. The molecule has 1 saturated carbocycles. The molecule has 2 aromatic carbocycles. The molecule has 1 aliphatic heterocycles. The van der Waals surface area contributed by atoms with Gasteiger partial charge in [0.15, 0.2) is 5.69 Å². The molecule has 32 heavy (non-hydrogen) atoms. The van der Waals surface area contributed by atoms with Crippen molar-refractivity contribution >= 4 is 34.1 Å². The Labute approximate surface area is 185 Å². The van der Waals surface area contributed by atoms with Gasteiger partial charge in [-0.25, -0.2) is 0 Å². The SMILES string of the molecule is C[C@@H](Nc1c(C(N)=O)nnc2cc(-c3ccc(N4CCOCC4=O)cc3)ccc12)C1CC1. The predicted octanol–water partition coefficient (Wildman–Crippen LogP) is 2.97. The van der Waals surface area contributed by atoms with Crippen molar-refractivity contribution in [3.8, 4) is 11.1 Å². The summed E-state index contributed by atoms with van der Waals surface area (Å²) in [5, 5.41) is 12.6. The maximum Gasteiger partial charge on any atom is 0.271 e. The van der Waals surface area contributed by atoms with Gasteiger partial charge in [0.2, 0.25) is 0 Å². The van der Waals surface area contributed by atoms with Crippen LogP contribution in [0.2, 0.25) is 0 Å². The van der Waals surface area contributed by atoms with Crippen LogP contribution in [0.4, 0.5) is 11.4 Å². The first-order valence-corrected chi connectivity index (χ1v) is 10.9. The average molecular weight is 431 g/mol. The van der Waals surface area contributed by atoms with Crippen molar-refractivity contribution in [1.29, 1.82) is 0 Å². The minimum atomic E-state index is -0.595. The Hall–Kier alpha value is -3.52. The number of anilines is 2. The number of hydrogen-bond acceptors (Lipinski definition) is 6. The molecular formula is C24H25N5O3. The second kappa shape index (κ2) is 8.20. The van der Waals surface area contributed by atoms with Crippen LogP contribution in [-0.4, -0.2) is 47.8 Å². The monoisotopic (exact) mass is 431 g/mol. The number of aromatic nitrogens is 2. The molecule has 1 aliphatic carbocycles. The maximum absolute atomic E-state index is 12.1. The van der Waals surface area contributed by atoms with Gasteiger partial charge >= 0.3 is 0 Å². The van der Waals surface area contributed by atoms with E-state index in [1.165, 1.54) is 12.8 Å². The Kier molecular flexibility index (Phi) is 5.22. The molecule has 1 atom stereocenters. The fraction of sp³-hybridized carbons (Fsp3) is 0.333. The Morgan fingerprint density at radius 3 is 2.59 bits per heavy atom. The van der Waals surface area contributed by atoms with Crippen molar-refractivity contribution in [2.24, 2.45) is 11.7 Å². The number of fused-ring (bicyclic) bond motifs is 1. The van der Waals surface area contributed by atoms with Gasteiger partial charge < -0.3 is 20.7 Å². The minimum Gasteiger partial charge on any atom is -0.380 e. The molecule has 2 heterocycles. The number of nitrogens with two attached hydrogens (primary N) is 1. The molecule has 8 nitrogen and oxygen atoms in total. The third-order valence-corrected chi connectivity index (χ3v) is 6.19. The van der Waals surface area contributed by atoms with E-state index in [1.54, 1.807) is 4.90 Å². The molecule has 1 saturated heterocycles. The van der Waals surface area contributed by atoms with E-state index < -0.39 is 5.91 Å². The number of primary amides is 1. The van der Waals surface area contributed by atoms with Crippen LogP contribution in [0.3, 0.4) is 0 Å². The largest absolute Gasteiger partial charge is 0.380 e. The van der Waals surface area contributed by atoms with Gasteiger partial charge in [0.1, 0.15) is 6.61 Å². The number of amides is 2. The summed E-state index contributed by atoms with van der Waals surface area (Å²) in [7, 11) is 0. The molecule has 164 valence electrons. The summed E-state index contributed by atoms with van der Waals surface area (Å²) in [5.74, 6) is -0.0204. The van der Waals surface area contributed by atoms with Crippen LogP contribution >= 0.6 is 0 Å². The van der Waals surface area contributed by atoms with Crippen molar-refractivity contribution in [3.05, 3.63) is 48.2 Å². The highest BCUT2D eigenvalue weighted by Crippen LogP contribution is 2.36. The zero-order chi connectivity index (χ0) is 22.2. The lowest BCUT2D eigenvalue weighted by Crippen LogP contribution is -2.41. The number of carbonyl (C=O) groups is 2. The number of morpholine rings is 1. The van der Waals surface area contributed by atoms with E-state index in [0.29, 0.717) is 30.3 Å². The standard InChI is InChI=1S/C24H25N5O3/c1-14(15-2-3-15)26-22-19-9-6-17(12-20(19)27-28-23(22)24(25)31)16-4-7-18(8-5-16)29-10-11-32-13-21(29)30/h4-9,12,14-15H,2-3,10-11,13H2,1H3,(H2,25,31)(H,26,27)/t14-/m1/s1. The molecule has 3 aromatic rings. The number of ether oxygens (including phenoxy) is 1. The molecule has 0 radical (unpaired) electrons. The molecule has 0 spiro atoms. The number of benzene rings is 2. The summed E-state index contributed by atoms with van der Waals surface area (Å²) in [6.07, 6.45) is 2.37. The lowest BCUT2D eigenvalue weighted by Gasteiger charge is -2.27. The smallest absolute Gasteiger partial charge is 0.271 e. The average Bonchev–Trinajstić information content (AvgIpc) is 3.65. The summed E-state index contributed by atoms with van der Waals surface area (Å²) in [6, 6.07) is 14.0. The van der Waals surface area contributed by atoms with Gasteiger partial charge in [0, 0.05) is 23.7 Å². The lowest BCUT2D eigenvalue weighted by molar-refractivity contribution is -0.125. The number of carbonyl (C=O) groups excluding carboxylic acids is 2. The second-order valence-corrected chi connectivity index (χ2v) is 8.44. The van der Waals surface area contributed by atoms with Crippen molar-refractivity contribution in [1.82, 2.24) is 10.2 Å². The second-order valence-electron chi connectivity index (χ2n) is 8.44. The quantitative estimate of drug-likeness (QED) is 0.621. The summed E-state index contributed by atoms with van der Waals surface area (Å²) in [6.45, 7) is 3.33. The fourth-order valence-corrected chi connectivity index (χ4v) is 4.17. The van der Waals surface area contributed by atoms with Crippen LogP contribution in [-0.2, 0) is 9.53 Å². The highest BCUT2D eigenvalue weighted by Gasteiger charge is 2.29. The first kappa shape index (κ1) is 20.4. The highest BCUT2D eigenvalue weighted by atomic mass is 16.5. The Morgan fingerprint density at radius 2 is 1.91 bits per heavy atom.